The maximum atomic E-state index is 9.84. The average molecular weight is 549 g/mol. The molecule has 2 aliphatic carbocycles. The number of hydrogen-bond acceptors (Lipinski definition) is 3. The summed E-state index contributed by atoms with van der Waals surface area (Å²) in [5, 5.41) is 28.8. The molecule has 2 atom stereocenters. The molecule has 4 heteroatoms. The molecular weight excluding hydrogens is 500 g/mol. The Morgan fingerprint density at radius 2 is 1.73 bits per heavy atom. The number of fused-ring (bicyclic) bond motifs is 2. The molecule has 1 heterocycles. The minimum absolute atomic E-state index is 0.0130. The number of amidine groups is 2. The summed E-state index contributed by atoms with van der Waals surface area (Å²) in [6.07, 6.45) is 11.8. The molecule has 0 radical (unpaired) electrons. The molecule has 0 amide bonds. The van der Waals surface area contributed by atoms with E-state index in [4.69, 9.17) is 0 Å². The van der Waals surface area contributed by atoms with Crippen LogP contribution in [0, 0.1) is 33.0 Å². The number of benzene rings is 1. The number of nitrogens with one attached hydrogen (secondary N) is 2. The van der Waals surface area contributed by atoms with Crippen LogP contribution in [0.25, 0.3) is 0 Å². The monoisotopic (exact) mass is 548 g/mol. The van der Waals surface area contributed by atoms with E-state index < -0.39 is 0 Å². The number of nitrogens with zero attached hydrogens (tertiary/aromatic N) is 2. The predicted molar refractivity (Wildman–Crippen MR) is 174 cm³/mol. The lowest BCUT2D eigenvalue weighted by Crippen LogP contribution is -2.40. The molecule has 1 fully saturated rings. The summed E-state index contributed by atoms with van der Waals surface area (Å²) in [6, 6.07) is 8.59. The van der Waals surface area contributed by atoms with Crippen molar-refractivity contribution in [1.29, 1.82) is 16.1 Å². The van der Waals surface area contributed by atoms with Gasteiger partial charge >= 0.3 is 0 Å². The maximum Gasteiger partial charge on any atom is 0.139 e. The Labute approximate surface area is 248 Å². The number of para-hydroxylation sites is 1. The van der Waals surface area contributed by atoms with Crippen molar-refractivity contribution >= 4 is 17.4 Å². The van der Waals surface area contributed by atoms with Gasteiger partial charge in [-0.05, 0) is 78.6 Å². The SMILES string of the molecule is CC.CCC12C[C@@]1(C)CCC1=C=C=CC=C1C(=N)N(c1c(C(C)C)cccc1C(C)C)C(=N)C(/C=C\CC#N)=C\2C. The van der Waals surface area contributed by atoms with Gasteiger partial charge in [0, 0.05) is 16.7 Å². The van der Waals surface area contributed by atoms with E-state index in [1.807, 2.05) is 43.1 Å². The third-order valence-electron chi connectivity index (χ3n) is 9.27. The first kappa shape index (κ1) is 31.9. The average Bonchev–Trinajstić information content (AvgIpc) is 3.60. The summed E-state index contributed by atoms with van der Waals surface area (Å²) in [6.45, 7) is 19.5. The van der Waals surface area contributed by atoms with E-state index in [9.17, 15) is 16.1 Å². The summed E-state index contributed by atoms with van der Waals surface area (Å²) >= 11 is 0. The van der Waals surface area contributed by atoms with Crippen LogP contribution in [0.1, 0.15) is 117 Å². The first-order valence-electron chi connectivity index (χ1n) is 15.3. The second-order valence-electron chi connectivity index (χ2n) is 12.1. The normalized spacial score (nSPS) is 25.7. The third-order valence-corrected chi connectivity index (χ3v) is 9.27. The van der Waals surface area contributed by atoms with Gasteiger partial charge in [-0.3, -0.25) is 15.7 Å². The van der Waals surface area contributed by atoms with Gasteiger partial charge in [-0.1, -0.05) is 103 Å². The Bertz CT molecular complexity index is 1420. The van der Waals surface area contributed by atoms with Crippen molar-refractivity contribution in [2.45, 2.75) is 106 Å². The maximum absolute atomic E-state index is 9.84. The van der Waals surface area contributed by atoms with Crippen molar-refractivity contribution in [2.75, 3.05) is 4.90 Å². The molecule has 1 aliphatic heterocycles. The lowest BCUT2D eigenvalue weighted by Gasteiger charge is -2.34. The van der Waals surface area contributed by atoms with E-state index in [1.165, 1.54) is 5.57 Å². The second kappa shape index (κ2) is 12.9. The van der Waals surface area contributed by atoms with E-state index in [0.717, 1.165) is 59.2 Å². The van der Waals surface area contributed by atoms with Crippen LogP contribution in [-0.2, 0) is 0 Å². The van der Waals surface area contributed by atoms with Crippen LogP contribution >= 0.6 is 0 Å². The van der Waals surface area contributed by atoms with Crippen molar-refractivity contribution in [3.63, 3.8) is 0 Å². The van der Waals surface area contributed by atoms with Crippen molar-refractivity contribution in [3.8, 4) is 6.07 Å². The fourth-order valence-corrected chi connectivity index (χ4v) is 6.81. The molecule has 0 bridgehead atoms. The van der Waals surface area contributed by atoms with E-state index in [-0.39, 0.29) is 29.1 Å². The zero-order chi connectivity index (χ0) is 30.5. The number of hydrogen-bond donors (Lipinski definition) is 2. The Kier molecular flexibility index (Phi) is 10.0. The Morgan fingerprint density at radius 3 is 2.29 bits per heavy atom. The van der Waals surface area contributed by atoms with Crippen LogP contribution in [0.5, 0.6) is 0 Å². The summed E-state index contributed by atoms with van der Waals surface area (Å²) in [4.78, 5) is 1.88. The molecule has 0 spiro atoms. The molecule has 3 aliphatic rings. The first-order chi connectivity index (χ1) is 19.5. The van der Waals surface area contributed by atoms with E-state index in [0.29, 0.717) is 11.7 Å². The smallest absolute Gasteiger partial charge is 0.139 e. The number of anilines is 1. The van der Waals surface area contributed by atoms with Gasteiger partial charge in [0.2, 0.25) is 0 Å². The van der Waals surface area contributed by atoms with Crippen LogP contribution in [0.15, 0.2) is 76.3 Å². The van der Waals surface area contributed by atoms with Gasteiger partial charge in [0.25, 0.3) is 0 Å². The molecule has 0 aromatic heterocycles. The highest BCUT2D eigenvalue weighted by molar-refractivity contribution is 6.30. The van der Waals surface area contributed by atoms with Crippen molar-refractivity contribution in [3.05, 3.63) is 87.4 Å². The van der Waals surface area contributed by atoms with Crippen LogP contribution < -0.4 is 4.90 Å². The van der Waals surface area contributed by atoms with Crippen molar-refractivity contribution in [1.82, 2.24) is 0 Å². The van der Waals surface area contributed by atoms with E-state index in [2.05, 4.69) is 84.2 Å². The van der Waals surface area contributed by atoms with Gasteiger partial charge in [-0.15, -0.1) is 0 Å². The highest BCUT2D eigenvalue weighted by Crippen LogP contribution is 2.72. The third kappa shape index (κ3) is 5.76. The second-order valence-corrected chi connectivity index (χ2v) is 12.1. The van der Waals surface area contributed by atoms with Crippen LogP contribution in [0.4, 0.5) is 5.69 Å². The van der Waals surface area contributed by atoms with Crippen LogP contribution in [0.3, 0.4) is 0 Å². The summed E-state index contributed by atoms with van der Waals surface area (Å²) in [7, 11) is 0. The zero-order valence-corrected chi connectivity index (χ0v) is 26.6. The molecule has 1 saturated carbocycles. The van der Waals surface area contributed by atoms with E-state index in [1.54, 1.807) is 0 Å². The molecule has 1 unspecified atom stereocenters. The van der Waals surface area contributed by atoms with Crippen molar-refractivity contribution < 1.29 is 0 Å². The first-order valence-corrected chi connectivity index (χ1v) is 15.3. The molecule has 0 saturated heterocycles. The molecule has 1 aromatic carbocycles. The topological polar surface area (TPSA) is 74.7 Å². The lowest BCUT2D eigenvalue weighted by atomic mass is 9.79. The molecule has 41 heavy (non-hydrogen) atoms. The van der Waals surface area contributed by atoms with Gasteiger partial charge in [-0.25, -0.2) is 0 Å². The Hall–Kier alpha value is -3.63. The molecular formula is C37H48N4. The summed E-state index contributed by atoms with van der Waals surface area (Å²) < 4.78 is 0. The molecule has 1 aromatic rings. The Balaban J connectivity index is 0.00000226. The molecule has 4 nitrogen and oxygen atoms in total. The molecule has 2 N–H and O–H groups in total. The van der Waals surface area contributed by atoms with E-state index >= 15 is 0 Å². The summed E-state index contributed by atoms with van der Waals surface area (Å²) in [5.41, 5.74) is 13.6. The van der Waals surface area contributed by atoms with Gasteiger partial charge in [0.1, 0.15) is 11.7 Å². The number of rotatable bonds is 6. The Morgan fingerprint density at radius 1 is 1.10 bits per heavy atom. The highest BCUT2D eigenvalue weighted by atomic mass is 15.2. The zero-order valence-electron chi connectivity index (χ0n) is 26.6. The number of nitriles is 1. The number of allylic oxidation sites excluding steroid dienone is 4. The predicted octanol–water partition coefficient (Wildman–Crippen LogP) is 10.3. The minimum atomic E-state index is -0.0130. The van der Waals surface area contributed by atoms with Gasteiger partial charge in [-0.2, -0.15) is 5.26 Å². The molecule has 4 rings (SSSR count). The quantitative estimate of drug-likeness (QED) is 0.347. The largest absolute Gasteiger partial charge is 0.284 e. The standard InChI is InChI=1S/C35H42N4.C2H6/c1-8-35-22-34(35,7)20-19-26-14-9-10-16-30(26)33(38)39(32(37)29(25(35)6)15-11-12-21-36)31-27(23(2)3)17-13-18-28(31)24(4)5;1-2/h10-11,13,15-18,23-24,37-38H,8,12,19-20,22H2,1-7H3;1-2H3/b15-11-,29-25-,37-32?,38-33?;/t34-,35?;/m1./s1. The van der Waals surface area contributed by atoms with Crippen LogP contribution in [-0.4, -0.2) is 11.7 Å². The highest BCUT2D eigenvalue weighted by Gasteiger charge is 2.63. The fraction of sp³-hybridized carbons (Fsp3) is 0.486. The van der Waals surface area contributed by atoms with Crippen molar-refractivity contribution in [2.24, 2.45) is 10.8 Å². The minimum Gasteiger partial charge on any atom is -0.284 e. The lowest BCUT2D eigenvalue weighted by molar-refractivity contribution is 0.373. The fourth-order valence-electron chi connectivity index (χ4n) is 6.81. The van der Waals surface area contributed by atoms with Crippen LogP contribution in [0.2, 0.25) is 0 Å². The summed E-state index contributed by atoms with van der Waals surface area (Å²) in [5.74, 6) is 1.01. The van der Waals surface area contributed by atoms with Gasteiger partial charge < -0.3 is 0 Å². The van der Waals surface area contributed by atoms with Gasteiger partial charge in [0.05, 0.1) is 18.2 Å². The molecule has 216 valence electrons. The van der Waals surface area contributed by atoms with Gasteiger partial charge in [0.15, 0.2) is 0 Å².